The van der Waals surface area contributed by atoms with Crippen molar-refractivity contribution in [2.24, 2.45) is 41.2 Å². The zero-order valence-electron chi connectivity index (χ0n) is 8.48. The molecule has 0 amide bonds. The van der Waals surface area contributed by atoms with Gasteiger partial charge in [-0.3, -0.25) is 9.59 Å². The van der Waals surface area contributed by atoms with Crippen molar-refractivity contribution in [1.29, 1.82) is 0 Å². The predicted molar refractivity (Wildman–Crippen MR) is 53.3 cm³/mol. The molecule has 0 spiro atoms. The minimum Gasteiger partial charge on any atom is -0.481 e. The Morgan fingerprint density at radius 2 is 1.31 bits per heavy atom. The lowest BCUT2D eigenvalue weighted by Crippen LogP contribution is -2.46. The van der Waals surface area contributed by atoms with Gasteiger partial charge in [-0.1, -0.05) is 12.2 Å². The van der Waals surface area contributed by atoms with Crippen LogP contribution in [0.4, 0.5) is 0 Å². The largest absolute Gasteiger partial charge is 0.481 e. The van der Waals surface area contributed by atoms with Gasteiger partial charge in [0.1, 0.15) is 0 Å². The van der Waals surface area contributed by atoms with Crippen molar-refractivity contribution < 1.29 is 19.8 Å². The molecule has 5 nitrogen and oxygen atoms in total. The summed E-state index contributed by atoms with van der Waals surface area (Å²) in [7, 11) is 0. The molecule has 4 aliphatic carbocycles. The topological polar surface area (TPSA) is 101 Å². The summed E-state index contributed by atoms with van der Waals surface area (Å²) in [6.45, 7) is 0. The number of rotatable bonds is 2. The first-order chi connectivity index (χ1) is 7.54. The van der Waals surface area contributed by atoms with E-state index in [-0.39, 0.29) is 29.7 Å². The van der Waals surface area contributed by atoms with Crippen LogP contribution in [0.5, 0.6) is 0 Å². The van der Waals surface area contributed by atoms with E-state index in [1.807, 2.05) is 12.2 Å². The standard InChI is InChI=1S/C11H13NO4/c12-9-5-3-1-2-4(6(5)9)8(11(15)16)7(3)10(13)14/h1-9H,12H2,(H,13,14)(H,15,16). The quantitative estimate of drug-likeness (QED) is 0.562. The van der Waals surface area contributed by atoms with Gasteiger partial charge in [0.15, 0.2) is 0 Å². The van der Waals surface area contributed by atoms with Gasteiger partial charge in [0.25, 0.3) is 0 Å². The molecule has 86 valence electrons. The average molecular weight is 223 g/mol. The smallest absolute Gasteiger partial charge is 0.308 e. The van der Waals surface area contributed by atoms with Crippen LogP contribution in [-0.4, -0.2) is 28.2 Å². The van der Waals surface area contributed by atoms with Gasteiger partial charge in [-0.05, 0) is 23.7 Å². The van der Waals surface area contributed by atoms with Crippen molar-refractivity contribution in [2.75, 3.05) is 0 Å². The van der Waals surface area contributed by atoms with Gasteiger partial charge in [-0.2, -0.15) is 0 Å². The van der Waals surface area contributed by atoms with Crippen LogP contribution in [-0.2, 0) is 9.59 Å². The monoisotopic (exact) mass is 223 g/mol. The van der Waals surface area contributed by atoms with Crippen molar-refractivity contribution in [1.82, 2.24) is 0 Å². The summed E-state index contributed by atoms with van der Waals surface area (Å²) in [4.78, 5) is 22.4. The average Bonchev–Trinajstić information content (AvgIpc) is 2.92. The lowest BCUT2D eigenvalue weighted by atomic mass is 9.62. The van der Waals surface area contributed by atoms with E-state index < -0.39 is 23.8 Å². The van der Waals surface area contributed by atoms with Gasteiger partial charge in [-0.25, -0.2) is 0 Å². The molecule has 0 radical (unpaired) electrons. The summed E-state index contributed by atoms with van der Waals surface area (Å²) in [6.07, 6.45) is 3.72. The van der Waals surface area contributed by atoms with E-state index in [0.29, 0.717) is 0 Å². The Hall–Kier alpha value is -1.36. The Labute approximate surface area is 91.9 Å². The zero-order chi connectivity index (χ0) is 11.6. The van der Waals surface area contributed by atoms with Crippen LogP contribution in [0.1, 0.15) is 0 Å². The highest BCUT2D eigenvalue weighted by Crippen LogP contribution is 2.62. The maximum absolute atomic E-state index is 11.2. The van der Waals surface area contributed by atoms with Crippen LogP contribution in [0.2, 0.25) is 0 Å². The first-order valence-corrected chi connectivity index (χ1v) is 5.43. The molecule has 4 aliphatic rings. The molecular formula is C11H13NO4. The van der Waals surface area contributed by atoms with Crippen molar-refractivity contribution >= 4 is 11.9 Å². The first kappa shape index (κ1) is 9.84. The molecule has 0 saturated heterocycles. The lowest BCUT2D eigenvalue weighted by molar-refractivity contribution is -0.160. The molecule has 0 heterocycles. The van der Waals surface area contributed by atoms with Gasteiger partial charge in [0.05, 0.1) is 11.8 Å². The van der Waals surface area contributed by atoms with Crippen molar-refractivity contribution in [3.63, 3.8) is 0 Å². The second-order valence-corrected chi connectivity index (χ2v) is 5.00. The minimum absolute atomic E-state index is 0.0174. The second kappa shape index (κ2) is 2.85. The number of carbonyl (C=O) groups is 2. The molecule has 0 aromatic rings. The third-order valence-corrected chi connectivity index (χ3v) is 4.42. The van der Waals surface area contributed by atoms with Crippen molar-refractivity contribution in [3.05, 3.63) is 12.2 Å². The summed E-state index contributed by atoms with van der Waals surface area (Å²) in [5.74, 6) is -3.64. The summed E-state index contributed by atoms with van der Waals surface area (Å²) in [6, 6.07) is -0.0174. The molecule has 4 N–H and O–H groups in total. The molecule has 0 aliphatic heterocycles. The maximum Gasteiger partial charge on any atom is 0.308 e. The van der Waals surface area contributed by atoms with E-state index in [9.17, 15) is 9.59 Å². The molecule has 0 aromatic carbocycles. The summed E-state index contributed by atoms with van der Waals surface area (Å²) < 4.78 is 0. The van der Waals surface area contributed by atoms with Gasteiger partial charge < -0.3 is 15.9 Å². The molecule has 2 bridgehead atoms. The fourth-order valence-electron chi connectivity index (χ4n) is 3.76. The molecule has 16 heavy (non-hydrogen) atoms. The number of carboxylic acid groups (broad SMARTS) is 2. The van der Waals surface area contributed by atoms with Crippen LogP contribution in [0.15, 0.2) is 12.2 Å². The Bertz CT molecular complexity index is 369. The number of allylic oxidation sites excluding steroid dienone is 2. The third-order valence-electron chi connectivity index (χ3n) is 4.42. The number of carboxylic acids is 2. The summed E-state index contributed by atoms with van der Waals surface area (Å²) >= 11 is 0. The van der Waals surface area contributed by atoms with Crippen LogP contribution in [0.3, 0.4) is 0 Å². The molecule has 2 saturated carbocycles. The number of aliphatic carboxylic acids is 2. The Balaban J connectivity index is 2.03. The van der Waals surface area contributed by atoms with Gasteiger partial charge in [0, 0.05) is 6.04 Å². The van der Waals surface area contributed by atoms with Crippen molar-refractivity contribution in [3.8, 4) is 0 Å². The first-order valence-electron chi connectivity index (χ1n) is 5.43. The molecule has 6 unspecified atom stereocenters. The fourth-order valence-corrected chi connectivity index (χ4v) is 3.76. The molecular weight excluding hydrogens is 210 g/mol. The van der Waals surface area contributed by atoms with Crippen LogP contribution < -0.4 is 5.73 Å². The van der Waals surface area contributed by atoms with E-state index >= 15 is 0 Å². The third kappa shape index (κ3) is 0.988. The molecule has 6 atom stereocenters. The summed E-state index contributed by atoms with van der Waals surface area (Å²) in [5, 5.41) is 18.3. The normalized spacial score (nSPS) is 52.2. The Morgan fingerprint density at radius 1 is 0.938 bits per heavy atom. The second-order valence-electron chi connectivity index (χ2n) is 5.00. The minimum atomic E-state index is -1.01. The highest BCUT2D eigenvalue weighted by molar-refractivity contribution is 5.82. The predicted octanol–water partition coefficient (Wildman–Crippen LogP) is -0.223. The zero-order valence-corrected chi connectivity index (χ0v) is 8.48. The number of nitrogens with two attached hydrogens (primary N) is 1. The Morgan fingerprint density at radius 3 is 1.62 bits per heavy atom. The molecule has 4 rings (SSSR count). The van der Waals surface area contributed by atoms with E-state index in [1.165, 1.54) is 0 Å². The lowest BCUT2D eigenvalue weighted by Gasteiger charge is -2.39. The highest BCUT2D eigenvalue weighted by atomic mass is 16.4. The van der Waals surface area contributed by atoms with E-state index in [2.05, 4.69) is 0 Å². The van der Waals surface area contributed by atoms with Crippen molar-refractivity contribution in [2.45, 2.75) is 6.04 Å². The fraction of sp³-hybridized carbons (Fsp3) is 0.636. The number of hydrogen-bond donors (Lipinski definition) is 3. The SMILES string of the molecule is NC1C2C3C=CC(C(C(=O)O)C3C(=O)O)C12. The van der Waals surface area contributed by atoms with Crippen LogP contribution in [0.25, 0.3) is 0 Å². The number of fused-ring (bicyclic) bond motifs is 1. The van der Waals surface area contributed by atoms with Crippen LogP contribution in [0, 0.1) is 35.5 Å². The van der Waals surface area contributed by atoms with Gasteiger partial charge in [-0.15, -0.1) is 0 Å². The molecule has 5 heteroatoms. The number of hydrogen-bond acceptors (Lipinski definition) is 3. The van der Waals surface area contributed by atoms with Gasteiger partial charge in [0.2, 0.25) is 0 Å². The molecule has 2 fully saturated rings. The van der Waals surface area contributed by atoms with Gasteiger partial charge >= 0.3 is 11.9 Å². The maximum atomic E-state index is 11.2. The van der Waals surface area contributed by atoms with E-state index in [4.69, 9.17) is 15.9 Å². The van der Waals surface area contributed by atoms with Crippen LogP contribution >= 0.6 is 0 Å². The molecule has 0 aromatic heterocycles. The summed E-state index contributed by atoms with van der Waals surface area (Å²) in [5.41, 5.74) is 5.89. The van der Waals surface area contributed by atoms with E-state index in [1.54, 1.807) is 0 Å². The highest BCUT2D eigenvalue weighted by Gasteiger charge is 2.67. The van der Waals surface area contributed by atoms with E-state index in [0.717, 1.165) is 0 Å². The Kier molecular flexibility index (Phi) is 1.75.